The average molecular weight is 408 g/mol. The average Bonchev–Trinajstić information content (AvgIpc) is 2.75. The highest BCUT2D eigenvalue weighted by molar-refractivity contribution is 5.85. The molecule has 0 aromatic heterocycles. The van der Waals surface area contributed by atoms with Gasteiger partial charge in [0.25, 0.3) is 0 Å². The number of hydrogen-bond acceptors (Lipinski definition) is 7. The van der Waals surface area contributed by atoms with Gasteiger partial charge in [-0.2, -0.15) is 0 Å². The quantitative estimate of drug-likeness (QED) is 0.321. The Morgan fingerprint density at radius 1 is 0.897 bits per heavy atom. The SMILES string of the molecule is COCCN(CCCc1cccc2ccccc12)C[C@H](O)[C@@H](O)[C@H](O)[C@H](O)CO. The maximum atomic E-state index is 10.3. The van der Waals surface area contributed by atoms with Gasteiger partial charge in [0.15, 0.2) is 0 Å². The number of rotatable bonds is 13. The minimum absolute atomic E-state index is 0.120. The molecule has 7 nitrogen and oxygen atoms in total. The van der Waals surface area contributed by atoms with Crippen molar-refractivity contribution < 1.29 is 30.3 Å². The smallest absolute Gasteiger partial charge is 0.111 e. The van der Waals surface area contributed by atoms with Crippen LogP contribution in [-0.2, 0) is 11.2 Å². The molecule has 29 heavy (non-hydrogen) atoms. The number of benzene rings is 2. The van der Waals surface area contributed by atoms with Crippen LogP contribution in [-0.4, -0.2) is 94.8 Å². The molecule has 0 bridgehead atoms. The number of ether oxygens (including phenoxy) is 1. The largest absolute Gasteiger partial charge is 0.394 e. The lowest BCUT2D eigenvalue weighted by molar-refractivity contribution is -0.119. The van der Waals surface area contributed by atoms with Gasteiger partial charge in [-0.1, -0.05) is 42.5 Å². The lowest BCUT2D eigenvalue weighted by Crippen LogP contribution is -2.50. The number of fused-ring (bicyclic) bond motifs is 1. The van der Waals surface area contributed by atoms with Crippen molar-refractivity contribution in [1.29, 1.82) is 0 Å². The molecular weight excluding hydrogens is 374 g/mol. The van der Waals surface area contributed by atoms with Gasteiger partial charge in [-0.3, -0.25) is 4.90 Å². The second kappa shape index (κ2) is 12.2. The second-order valence-electron chi connectivity index (χ2n) is 7.33. The predicted octanol–water partition coefficient (Wildman–Crippen LogP) is 0.157. The molecule has 7 heteroatoms. The van der Waals surface area contributed by atoms with Gasteiger partial charge in [-0.15, -0.1) is 0 Å². The molecule has 0 heterocycles. The number of nitrogens with zero attached hydrogens (tertiary/aromatic N) is 1. The summed E-state index contributed by atoms with van der Waals surface area (Å²) in [5.74, 6) is 0. The van der Waals surface area contributed by atoms with Crippen LogP contribution in [0.3, 0.4) is 0 Å². The Hall–Kier alpha value is -1.58. The molecule has 0 saturated heterocycles. The summed E-state index contributed by atoms with van der Waals surface area (Å²) in [4.78, 5) is 1.96. The zero-order valence-electron chi connectivity index (χ0n) is 16.9. The first-order chi connectivity index (χ1) is 14.0. The maximum Gasteiger partial charge on any atom is 0.111 e. The second-order valence-corrected chi connectivity index (χ2v) is 7.33. The Balaban J connectivity index is 1.94. The molecule has 0 aliphatic rings. The predicted molar refractivity (Wildman–Crippen MR) is 112 cm³/mol. The highest BCUT2D eigenvalue weighted by Crippen LogP contribution is 2.20. The van der Waals surface area contributed by atoms with E-state index in [0.29, 0.717) is 19.7 Å². The fourth-order valence-electron chi connectivity index (χ4n) is 3.45. The summed E-state index contributed by atoms with van der Waals surface area (Å²) >= 11 is 0. The third-order valence-corrected chi connectivity index (χ3v) is 5.18. The van der Waals surface area contributed by atoms with Crippen LogP contribution in [0.2, 0.25) is 0 Å². The minimum Gasteiger partial charge on any atom is -0.394 e. The van der Waals surface area contributed by atoms with E-state index in [0.717, 1.165) is 12.8 Å². The molecular formula is C22H33NO6. The van der Waals surface area contributed by atoms with Gasteiger partial charge < -0.3 is 30.3 Å². The summed E-state index contributed by atoms with van der Waals surface area (Å²) in [6, 6.07) is 14.5. The lowest BCUT2D eigenvalue weighted by Gasteiger charge is -2.30. The highest BCUT2D eigenvalue weighted by Gasteiger charge is 2.30. The standard InChI is InChI=1S/C22H33NO6/c1-29-13-12-23(14-19(25)21(27)22(28)20(26)15-24)11-5-9-17-8-4-7-16-6-2-3-10-18(16)17/h2-4,6-8,10,19-22,24-28H,5,9,11-15H2,1H3/t19-,20+,21+,22+/m0/s1. The van der Waals surface area contributed by atoms with Crippen LogP contribution < -0.4 is 0 Å². The van der Waals surface area contributed by atoms with Gasteiger partial charge in [0, 0.05) is 20.2 Å². The zero-order chi connectivity index (χ0) is 21.2. The van der Waals surface area contributed by atoms with Crippen LogP contribution in [0.15, 0.2) is 42.5 Å². The number of aliphatic hydroxyl groups is 5. The molecule has 0 unspecified atom stereocenters. The van der Waals surface area contributed by atoms with E-state index in [2.05, 4.69) is 24.3 Å². The van der Waals surface area contributed by atoms with Crippen LogP contribution in [0.5, 0.6) is 0 Å². The van der Waals surface area contributed by atoms with Crippen molar-refractivity contribution in [3.8, 4) is 0 Å². The molecule has 0 aliphatic carbocycles. The van der Waals surface area contributed by atoms with Crippen molar-refractivity contribution in [3.63, 3.8) is 0 Å². The summed E-state index contributed by atoms with van der Waals surface area (Å²) in [7, 11) is 1.60. The first-order valence-corrected chi connectivity index (χ1v) is 9.99. The van der Waals surface area contributed by atoms with Crippen LogP contribution in [0.4, 0.5) is 0 Å². The minimum atomic E-state index is -1.62. The number of aryl methyl sites for hydroxylation is 1. The third kappa shape index (κ3) is 7.01. The lowest BCUT2D eigenvalue weighted by atomic mass is 10.0. The molecule has 162 valence electrons. The normalized spacial score (nSPS) is 16.1. The van der Waals surface area contributed by atoms with Crippen LogP contribution in [0.1, 0.15) is 12.0 Å². The number of hydrogen-bond donors (Lipinski definition) is 5. The molecule has 0 radical (unpaired) electrons. The summed E-state index contributed by atoms with van der Waals surface area (Å²) in [6.07, 6.45) is -4.22. The topological polar surface area (TPSA) is 114 Å². The van der Waals surface area contributed by atoms with Gasteiger partial charge in [0.1, 0.15) is 18.3 Å². The Bertz CT molecular complexity index is 722. The Morgan fingerprint density at radius 3 is 2.31 bits per heavy atom. The third-order valence-electron chi connectivity index (χ3n) is 5.18. The van der Waals surface area contributed by atoms with Crippen LogP contribution in [0, 0.1) is 0 Å². The molecule has 0 spiro atoms. The Labute approximate surface area is 171 Å². The molecule has 0 aliphatic heterocycles. The number of aliphatic hydroxyl groups excluding tert-OH is 5. The van der Waals surface area contributed by atoms with Crippen molar-refractivity contribution in [2.75, 3.05) is 40.0 Å². The summed E-state index contributed by atoms with van der Waals surface area (Å²) in [5.41, 5.74) is 1.26. The summed E-state index contributed by atoms with van der Waals surface area (Å²) in [6.45, 7) is 1.14. The van der Waals surface area contributed by atoms with Crippen LogP contribution in [0.25, 0.3) is 10.8 Å². The maximum absolute atomic E-state index is 10.3. The molecule has 0 amide bonds. The summed E-state index contributed by atoms with van der Waals surface area (Å²) < 4.78 is 5.13. The van der Waals surface area contributed by atoms with E-state index >= 15 is 0 Å². The molecule has 2 aromatic rings. The van der Waals surface area contributed by atoms with Crippen LogP contribution >= 0.6 is 0 Å². The monoisotopic (exact) mass is 407 g/mol. The molecule has 5 N–H and O–H groups in total. The first kappa shape index (κ1) is 23.7. The fourth-order valence-corrected chi connectivity index (χ4v) is 3.45. The van der Waals surface area contributed by atoms with E-state index in [9.17, 15) is 20.4 Å². The molecule has 4 atom stereocenters. The number of methoxy groups -OCH3 is 1. The molecule has 0 saturated carbocycles. The van der Waals surface area contributed by atoms with Crippen molar-refractivity contribution in [2.24, 2.45) is 0 Å². The fraction of sp³-hybridized carbons (Fsp3) is 0.545. The van der Waals surface area contributed by atoms with Gasteiger partial charge in [-0.25, -0.2) is 0 Å². The Kier molecular flexibility index (Phi) is 9.96. The van der Waals surface area contributed by atoms with E-state index in [1.165, 1.54) is 16.3 Å². The Morgan fingerprint density at radius 2 is 1.59 bits per heavy atom. The molecule has 2 rings (SSSR count). The van der Waals surface area contributed by atoms with Gasteiger partial charge >= 0.3 is 0 Å². The van der Waals surface area contributed by atoms with Gasteiger partial charge in [-0.05, 0) is 35.7 Å². The van der Waals surface area contributed by atoms with E-state index in [1.807, 2.05) is 23.1 Å². The van der Waals surface area contributed by atoms with Gasteiger partial charge in [0.2, 0.25) is 0 Å². The van der Waals surface area contributed by atoms with E-state index in [4.69, 9.17) is 9.84 Å². The highest BCUT2D eigenvalue weighted by atomic mass is 16.5. The molecule has 2 aromatic carbocycles. The van der Waals surface area contributed by atoms with Crippen molar-refractivity contribution in [3.05, 3.63) is 48.0 Å². The van der Waals surface area contributed by atoms with E-state index in [1.54, 1.807) is 7.11 Å². The van der Waals surface area contributed by atoms with Crippen molar-refractivity contribution >= 4 is 10.8 Å². The van der Waals surface area contributed by atoms with Crippen molar-refractivity contribution in [1.82, 2.24) is 4.90 Å². The van der Waals surface area contributed by atoms with E-state index < -0.39 is 31.0 Å². The first-order valence-electron chi connectivity index (χ1n) is 9.99. The molecule has 0 fully saturated rings. The van der Waals surface area contributed by atoms with Gasteiger partial charge in [0.05, 0.1) is 19.3 Å². The zero-order valence-corrected chi connectivity index (χ0v) is 16.9. The van der Waals surface area contributed by atoms with E-state index in [-0.39, 0.29) is 6.54 Å². The summed E-state index contributed by atoms with van der Waals surface area (Å²) in [5, 5.41) is 50.9. The van der Waals surface area contributed by atoms with Crippen molar-refractivity contribution in [2.45, 2.75) is 37.3 Å².